The molecular formula is C20H20N8O3S. The molecule has 1 amide bonds. The number of nitrogen functional groups attached to an aromatic ring is 1. The van der Waals surface area contributed by atoms with Gasteiger partial charge in [0.25, 0.3) is 5.91 Å². The Bertz CT molecular complexity index is 1240. The Labute approximate surface area is 186 Å². The highest BCUT2D eigenvalue weighted by atomic mass is 32.1. The van der Waals surface area contributed by atoms with E-state index in [2.05, 4.69) is 35.8 Å². The van der Waals surface area contributed by atoms with Gasteiger partial charge >= 0.3 is 0 Å². The molecule has 0 saturated heterocycles. The molecule has 0 saturated carbocycles. The van der Waals surface area contributed by atoms with Gasteiger partial charge in [0.1, 0.15) is 11.4 Å². The molecule has 0 spiro atoms. The molecular weight excluding hydrogens is 432 g/mol. The van der Waals surface area contributed by atoms with Crippen LogP contribution >= 0.6 is 11.3 Å². The van der Waals surface area contributed by atoms with E-state index < -0.39 is 5.91 Å². The average molecular weight is 453 g/mol. The molecule has 4 rings (SSSR count). The number of nitrogens with zero attached hydrogens (tertiary/aromatic N) is 6. The van der Waals surface area contributed by atoms with Crippen molar-refractivity contribution < 1.29 is 14.2 Å². The molecule has 0 aliphatic rings. The van der Waals surface area contributed by atoms with Gasteiger partial charge in [-0.3, -0.25) is 4.79 Å². The first kappa shape index (κ1) is 21.2. The molecule has 3 aromatic heterocycles. The Morgan fingerprint density at radius 1 is 1.31 bits per heavy atom. The first-order valence-corrected chi connectivity index (χ1v) is 10.6. The zero-order valence-corrected chi connectivity index (χ0v) is 18.2. The van der Waals surface area contributed by atoms with Crippen molar-refractivity contribution in [1.29, 1.82) is 0 Å². The molecule has 0 fully saturated rings. The van der Waals surface area contributed by atoms with Crippen molar-refractivity contribution in [2.75, 3.05) is 12.3 Å². The number of carbonyl (C=O) groups is 1. The second-order valence-electron chi connectivity index (χ2n) is 6.71. The van der Waals surface area contributed by atoms with E-state index in [0.29, 0.717) is 23.6 Å². The fourth-order valence-corrected chi connectivity index (χ4v) is 3.61. The predicted octanol–water partition coefficient (Wildman–Crippen LogP) is 2.82. The van der Waals surface area contributed by atoms with Crippen LogP contribution < -0.4 is 15.9 Å². The zero-order valence-electron chi connectivity index (χ0n) is 17.3. The summed E-state index contributed by atoms with van der Waals surface area (Å²) in [5.41, 5.74) is 10.4. The van der Waals surface area contributed by atoms with Crippen LogP contribution in [-0.4, -0.2) is 44.0 Å². The summed E-state index contributed by atoms with van der Waals surface area (Å²) in [6, 6.07) is 9.15. The average Bonchev–Trinajstić information content (AvgIpc) is 3.52. The van der Waals surface area contributed by atoms with Crippen LogP contribution in [0.2, 0.25) is 0 Å². The van der Waals surface area contributed by atoms with Crippen LogP contribution in [0.25, 0.3) is 17.1 Å². The Hall–Kier alpha value is -4.06. The van der Waals surface area contributed by atoms with E-state index in [-0.39, 0.29) is 17.3 Å². The number of hydrazone groups is 1. The summed E-state index contributed by atoms with van der Waals surface area (Å²) in [5.74, 6) is 0.296. The fourth-order valence-electron chi connectivity index (χ4n) is 2.83. The fraction of sp³-hybridized carbons (Fsp3) is 0.200. The van der Waals surface area contributed by atoms with E-state index in [4.69, 9.17) is 10.5 Å². The minimum Gasteiger partial charge on any atom is -0.494 e. The van der Waals surface area contributed by atoms with E-state index in [1.807, 2.05) is 25.3 Å². The van der Waals surface area contributed by atoms with Crippen molar-refractivity contribution in [2.24, 2.45) is 5.10 Å². The summed E-state index contributed by atoms with van der Waals surface area (Å²) in [4.78, 5) is 13.8. The lowest BCUT2D eigenvalue weighted by Crippen LogP contribution is -2.19. The molecule has 1 aromatic carbocycles. The number of benzene rings is 1. The van der Waals surface area contributed by atoms with Gasteiger partial charge in [0, 0.05) is 10.4 Å². The first-order chi connectivity index (χ1) is 15.6. The molecule has 12 heteroatoms. The van der Waals surface area contributed by atoms with Crippen LogP contribution in [0, 0.1) is 6.92 Å². The Morgan fingerprint density at radius 3 is 2.78 bits per heavy atom. The maximum atomic E-state index is 12.9. The Kier molecular flexibility index (Phi) is 6.22. The lowest BCUT2D eigenvalue weighted by Gasteiger charge is -2.08. The number of ether oxygens (including phenoxy) is 1. The number of aryl methyl sites for hydroxylation is 1. The third-order valence-electron chi connectivity index (χ3n) is 4.43. The number of carbonyl (C=O) groups excluding carboxylic acids is 1. The smallest absolute Gasteiger partial charge is 0.294 e. The molecule has 3 N–H and O–H groups in total. The van der Waals surface area contributed by atoms with E-state index >= 15 is 0 Å². The summed E-state index contributed by atoms with van der Waals surface area (Å²) < 4.78 is 11.6. The van der Waals surface area contributed by atoms with Crippen LogP contribution in [0.15, 0.2) is 45.4 Å². The van der Waals surface area contributed by atoms with Crippen LogP contribution in [0.3, 0.4) is 0 Å². The number of thiophene rings is 1. The summed E-state index contributed by atoms with van der Waals surface area (Å²) in [5, 5.41) is 21.4. The van der Waals surface area contributed by atoms with Crippen molar-refractivity contribution in [3.05, 3.63) is 51.8 Å². The molecule has 0 unspecified atom stereocenters. The maximum absolute atomic E-state index is 12.9. The summed E-state index contributed by atoms with van der Waals surface area (Å²) in [7, 11) is 0. The summed E-state index contributed by atoms with van der Waals surface area (Å²) in [6.07, 6.45) is 2.48. The number of aromatic nitrogens is 5. The molecule has 4 aromatic rings. The molecule has 0 atom stereocenters. The molecule has 3 heterocycles. The predicted molar refractivity (Wildman–Crippen MR) is 119 cm³/mol. The third-order valence-corrected chi connectivity index (χ3v) is 5.39. The molecule has 164 valence electrons. The van der Waals surface area contributed by atoms with Crippen LogP contribution in [0.1, 0.15) is 34.3 Å². The molecule has 0 bridgehead atoms. The van der Waals surface area contributed by atoms with Gasteiger partial charge in [-0.1, -0.05) is 12.1 Å². The van der Waals surface area contributed by atoms with Crippen molar-refractivity contribution in [2.45, 2.75) is 20.3 Å². The van der Waals surface area contributed by atoms with Gasteiger partial charge in [0.15, 0.2) is 5.69 Å². The van der Waals surface area contributed by atoms with Gasteiger partial charge in [0.2, 0.25) is 11.6 Å². The van der Waals surface area contributed by atoms with Gasteiger partial charge in [-0.05, 0) is 64.9 Å². The second-order valence-corrected chi connectivity index (χ2v) is 7.66. The number of hydrogen-bond donors (Lipinski definition) is 2. The zero-order chi connectivity index (χ0) is 22.5. The van der Waals surface area contributed by atoms with Gasteiger partial charge in [-0.2, -0.15) is 9.78 Å². The molecule has 32 heavy (non-hydrogen) atoms. The number of hydrogen-bond acceptors (Lipinski definition) is 10. The van der Waals surface area contributed by atoms with Crippen LogP contribution in [0.4, 0.5) is 5.82 Å². The van der Waals surface area contributed by atoms with Gasteiger partial charge in [-0.25, -0.2) is 10.1 Å². The number of nitrogens with two attached hydrogens (primary N) is 1. The first-order valence-electron chi connectivity index (χ1n) is 9.73. The highest BCUT2D eigenvalue weighted by molar-refractivity contribution is 7.11. The van der Waals surface area contributed by atoms with Crippen LogP contribution in [0.5, 0.6) is 5.75 Å². The largest absolute Gasteiger partial charge is 0.494 e. The van der Waals surface area contributed by atoms with Crippen LogP contribution in [-0.2, 0) is 0 Å². The van der Waals surface area contributed by atoms with Crippen molar-refractivity contribution in [3.63, 3.8) is 0 Å². The highest BCUT2D eigenvalue weighted by Crippen LogP contribution is 2.28. The molecule has 0 aliphatic heterocycles. The minimum absolute atomic E-state index is 0.0113. The van der Waals surface area contributed by atoms with E-state index in [1.54, 1.807) is 30.5 Å². The van der Waals surface area contributed by atoms with Crippen molar-refractivity contribution in [3.8, 4) is 22.8 Å². The quantitative estimate of drug-likeness (QED) is 0.306. The molecule has 0 aliphatic carbocycles. The third kappa shape index (κ3) is 4.34. The number of amides is 1. The normalized spacial score (nSPS) is 11.2. The van der Waals surface area contributed by atoms with E-state index in [1.165, 1.54) is 16.0 Å². The SMILES string of the molecule is CCCOc1ccc(-c2c(C(=O)NN=Cc3sccc3C)nnn2-c2nonc2N)cc1. The lowest BCUT2D eigenvalue weighted by molar-refractivity contribution is 0.0950. The Balaban J connectivity index is 1.67. The number of nitrogens with one attached hydrogen (secondary N) is 1. The van der Waals surface area contributed by atoms with Gasteiger partial charge in [-0.15, -0.1) is 16.4 Å². The monoisotopic (exact) mass is 452 g/mol. The van der Waals surface area contributed by atoms with Crippen molar-refractivity contribution >= 4 is 29.3 Å². The standard InChI is InChI=1S/C20H20N8O3S/c1-3-9-30-14-6-4-13(5-7-14)17-16(23-27-28(17)19-18(21)25-31-26-19)20(29)24-22-11-15-12(2)8-10-32-15/h4-8,10-11H,3,9H2,1-2H3,(H2,21,25)(H,24,29). The lowest BCUT2D eigenvalue weighted by atomic mass is 10.1. The maximum Gasteiger partial charge on any atom is 0.294 e. The van der Waals surface area contributed by atoms with Gasteiger partial charge in [0.05, 0.1) is 12.8 Å². The van der Waals surface area contributed by atoms with E-state index in [9.17, 15) is 4.79 Å². The van der Waals surface area contributed by atoms with E-state index in [0.717, 1.165) is 16.9 Å². The summed E-state index contributed by atoms with van der Waals surface area (Å²) >= 11 is 1.52. The topological polar surface area (TPSA) is 146 Å². The number of rotatable bonds is 8. The number of anilines is 1. The highest BCUT2D eigenvalue weighted by Gasteiger charge is 2.25. The van der Waals surface area contributed by atoms with Gasteiger partial charge < -0.3 is 10.5 Å². The Morgan fingerprint density at radius 2 is 2.12 bits per heavy atom. The minimum atomic E-state index is -0.543. The second kappa shape index (κ2) is 9.39. The molecule has 11 nitrogen and oxygen atoms in total. The summed E-state index contributed by atoms with van der Waals surface area (Å²) in [6.45, 7) is 4.60. The van der Waals surface area contributed by atoms with Crippen molar-refractivity contribution in [1.82, 2.24) is 30.7 Å². The molecule has 0 radical (unpaired) electrons.